The standard InChI is InChI=1S/C22H33N5.HI/c1-2-24-22(25-16-19-12-10-18(15-23)11-13-19)26-20-7-6-14-27(17-20)21-8-4-3-5-9-21;/h10-13,20-21H,2-9,14,16-17H2,1H3,(H2,24,25,26);1H. The smallest absolute Gasteiger partial charge is 0.191 e. The molecule has 0 spiro atoms. The lowest BCUT2D eigenvalue weighted by Crippen LogP contribution is -2.53. The van der Waals surface area contributed by atoms with E-state index in [2.05, 4.69) is 28.5 Å². The van der Waals surface area contributed by atoms with Crippen molar-refractivity contribution in [2.24, 2.45) is 4.99 Å². The highest BCUT2D eigenvalue weighted by atomic mass is 127. The molecule has 3 rings (SSSR count). The van der Waals surface area contributed by atoms with Crippen molar-refractivity contribution in [3.05, 3.63) is 35.4 Å². The summed E-state index contributed by atoms with van der Waals surface area (Å²) in [5, 5.41) is 16.0. The summed E-state index contributed by atoms with van der Waals surface area (Å²) in [4.78, 5) is 7.48. The minimum atomic E-state index is 0. The fraction of sp³-hybridized carbons (Fsp3) is 0.636. The largest absolute Gasteiger partial charge is 0.357 e. The zero-order chi connectivity index (χ0) is 18.9. The third kappa shape index (κ3) is 6.93. The Balaban J connectivity index is 0.00000280. The molecule has 6 heteroatoms. The van der Waals surface area contributed by atoms with Gasteiger partial charge in [0.15, 0.2) is 5.96 Å². The summed E-state index contributed by atoms with van der Waals surface area (Å²) in [5.74, 6) is 0.900. The number of benzene rings is 1. The number of piperidine rings is 1. The number of likely N-dealkylation sites (tertiary alicyclic amines) is 1. The number of aliphatic imine (C=N–C) groups is 1. The number of nitrogens with zero attached hydrogens (tertiary/aromatic N) is 3. The zero-order valence-corrected chi connectivity index (χ0v) is 19.3. The first kappa shape index (κ1) is 23.0. The van der Waals surface area contributed by atoms with Gasteiger partial charge in [-0.25, -0.2) is 4.99 Å². The predicted molar refractivity (Wildman–Crippen MR) is 126 cm³/mol. The van der Waals surface area contributed by atoms with Crippen LogP contribution in [0.25, 0.3) is 0 Å². The van der Waals surface area contributed by atoms with Crippen molar-refractivity contribution < 1.29 is 0 Å². The number of hydrogen-bond donors (Lipinski definition) is 2. The number of nitriles is 1. The second-order valence-electron chi connectivity index (χ2n) is 7.77. The van der Waals surface area contributed by atoms with Crippen LogP contribution in [0.4, 0.5) is 0 Å². The normalized spacial score (nSPS) is 21.4. The van der Waals surface area contributed by atoms with Gasteiger partial charge in [-0.05, 0) is 56.8 Å². The molecule has 154 valence electrons. The summed E-state index contributed by atoms with van der Waals surface area (Å²) in [6, 6.07) is 11.1. The molecule has 28 heavy (non-hydrogen) atoms. The molecular formula is C22H34IN5. The quantitative estimate of drug-likeness (QED) is 0.368. The highest BCUT2D eigenvalue weighted by molar-refractivity contribution is 14.0. The monoisotopic (exact) mass is 495 g/mol. The molecule has 1 heterocycles. The van der Waals surface area contributed by atoms with E-state index in [1.807, 2.05) is 24.3 Å². The van der Waals surface area contributed by atoms with Gasteiger partial charge in [0.2, 0.25) is 0 Å². The molecule has 2 N–H and O–H groups in total. The molecule has 1 aliphatic carbocycles. The van der Waals surface area contributed by atoms with Crippen LogP contribution in [0.5, 0.6) is 0 Å². The van der Waals surface area contributed by atoms with Crippen LogP contribution in [0.15, 0.2) is 29.3 Å². The van der Waals surface area contributed by atoms with E-state index in [9.17, 15) is 0 Å². The Labute approximate surface area is 187 Å². The molecule has 1 atom stereocenters. The van der Waals surface area contributed by atoms with Crippen LogP contribution in [0.1, 0.15) is 63.0 Å². The Bertz CT molecular complexity index is 646. The lowest BCUT2D eigenvalue weighted by molar-refractivity contribution is 0.115. The number of hydrogen-bond acceptors (Lipinski definition) is 3. The minimum Gasteiger partial charge on any atom is -0.357 e. The second kappa shape index (κ2) is 12.3. The van der Waals surface area contributed by atoms with Gasteiger partial charge < -0.3 is 10.6 Å². The Hall–Kier alpha value is -1.33. The number of guanidine groups is 1. The summed E-state index contributed by atoms with van der Waals surface area (Å²) in [6.45, 7) is 5.97. The van der Waals surface area contributed by atoms with E-state index in [0.717, 1.165) is 30.7 Å². The maximum absolute atomic E-state index is 8.91. The summed E-state index contributed by atoms with van der Waals surface area (Å²) >= 11 is 0. The van der Waals surface area contributed by atoms with E-state index in [-0.39, 0.29) is 24.0 Å². The molecule has 1 aromatic carbocycles. The molecule has 1 saturated carbocycles. The van der Waals surface area contributed by atoms with Gasteiger partial charge in [0.1, 0.15) is 0 Å². The highest BCUT2D eigenvalue weighted by Gasteiger charge is 2.27. The number of halogens is 1. The van der Waals surface area contributed by atoms with Crippen LogP contribution < -0.4 is 10.6 Å². The van der Waals surface area contributed by atoms with E-state index < -0.39 is 0 Å². The van der Waals surface area contributed by atoms with Crippen molar-refractivity contribution in [3.8, 4) is 6.07 Å². The van der Waals surface area contributed by atoms with Gasteiger partial charge in [0.05, 0.1) is 18.2 Å². The van der Waals surface area contributed by atoms with Crippen molar-refractivity contribution in [2.45, 2.75) is 70.5 Å². The van der Waals surface area contributed by atoms with Crippen molar-refractivity contribution in [2.75, 3.05) is 19.6 Å². The third-order valence-corrected chi connectivity index (χ3v) is 5.73. The van der Waals surface area contributed by atoms with Crippen LogP contribution >= 0.6 is 24.0 Å². The third-order valence-electron chi connectivity index (χ3n) is 5.73. The summed E-state index contributed by atoms with van der Waals surface area (Å²) in [7, 11) is 0. The first-order valence-corrected chi connectivity index (χ1v) is 10.6. The molecule has 1 unspecified atom stereocenters. The fourth-order valence-corrected chi connectivity index (χ4v) is 4.27. The number of rotatable bonds is 5. The van der Waals surface area contributed by atoms with Crippen LogP contribution in [0, 0.1) is 11.3 Å². The zero-order valence-electron chi connectivity index (χ0n) is 17.0. The minimum absolute atomic E-state index is 0. The van der Waals surface area contributed by atoms with E-state index in [0.29, 0.717) is 18.2 Å². The summed E-state index contributed by atoms with van der Waals surface area (Å²) in [6.07, 6.45) is 9.44. The van der Waals surface area contributed by atoms with Crippen LogP contribution in [-0.4, -0.2) is 42.6 Å². The average molecular weight is 495 g/mol. The van der Waals surface area contributed by atoms with E-state index >= 15 is 0 Å². The van der Waals surface area contributed by atoms with E-state index in [4.69, 9.17) is 10.3 Å². The molecule has 2 fully saturated rings. The SMILES string of the molecule is CCNC(=NCc1ccc(C#N)cc1)NC1CCCN(C2CCCCC2)C1.I. The first-order chi connectivity index (χ1) is 13.3. The number of nitrogens with one attached hydrogen (secondary N) is 2. The summed E-state index contributed by atoms with van der Waals surface area (Å²) in [5.41, 5.74) is 1.82. The maximum Gasteiger partial charge on any atom is 0.191 e. The van der Waals surface area contributed by atoms with E-state index in [1.54, 1.807) is 0 Å². The molecule has 1 aromatic rings. The Morgan fingerprint density at radius 2 is 1.89 bits per heavy atom. The molecule has 1 saturated heterocycles. The molecule has 0 radical (unpaired) electrons. The molecule has 2 aliphatic rings. The Kier molecular flexibility index (Phi) is 10.1. The lowest BCUT2D eigenvalue weighted by Gasteiger charge is -2.40. The van der Waals surface area contributed by atoms with Crippen LogP contribution in [-0.2, 0) is 6.54 Å². The van der Waals surface area contributed by atoms with E-state index in [1.165, 1.54) is 51.5 Å². The van der Waals surface area contributed by atoms with Crippen molar-refractivity contribution in [3.63, 3.8) is 0 Å². The van der Waals surface area contributed by atoms with Gasteiger partial charge in [-0.15, -0.1) is 24.0 Å². The molecule has 0 amide bonds. The van der Waals surface area contributed by atoms with Crippen LogP contribution in [0.2, 0.25) is 0 Å². The topological polar surface area (TPSA) is 63.5 Å². The molecular weight excluding hydrogens is 461 g/mol. The lowest BCUT2D eigenvalue weighted by atomic mass is 9.92. The van der Waals surface area contributed by atoms with Gasteiger partial charge in [-0.2, -0.15) is 5.26 Å². The average Bonchev–Trinajstić information content (AvgIpc) is 2.73. The predicted octanol–water partition coefficient (Wildman–Crippen LogP) is 4.03. The van der Waals surface area contributed by atoms with Crippen molar-refractivity contribution >= 4 is 29.9 Å². The first-order valence-electron chi connectivity index (χ1n) is 10.6. The van der Waals surface area contributed by atoms with Gasteiger partial charge in [0.25, 0.3) is 0 Å². The summed E-state index contributed by atoms with van der Waals surface area (Å²) < 4.78 is 0. The second-order valence-corrected chi connectivity index (χ2v) is 7.77. The Morgan fingerprint density at radius 1 is 1.14 bits per heavy atom. The molecule has 5 nitrogen and oxygen atoms in total. The Morgan fingerprint density at radius 3 is 2.57 bits per heavy atom. The van der Waals surface area contributed by atoms with Crippen LogP contribution in [0.3, 0.4) is 0 Å². The highest BCUT2D eigenvalue weighted by Crippen LogP contribution is 2.25. The van der Waals surface area contributed by atoms with Gasteiger partial charge in [0, 0.05) is 25.2 Å². The van der Waals surface area contributed by atoms with Crippen molar-refractivity contribution in [1.82, 2.24) is 15.5 Å². The molecule has 0 bridgehead atoms. The van der Waals surface area contributed by atoms with Crippen molar-refractivity contribution in [1.29, 1.82) is 5.26 Å². The fourth-order valence-electron chi connectivity index (χ4n) is 4.27. The van der Waals surface area contributed by atoms with Gasteiger partial charge in [-0.1, -0.05) is 31.4 Å². The molecule has 0 aromatic heterocycles. The van der Waals surface area contributed by atoms with Gasteiger partial charge in [-0.3, -0.25) is 4.90 Å². The maximum atomic E-state index is 8.91. The molecule has 1 aliphatic heterocycles. The van der Waals surface area contributed by atoms with Gasteiger partial charge >= 0.3 is 0 Å².